The van der Waals surface area contributed by atoms with Gasteiger partial charge in [-0.3, -0.25) is 14.9 Å². The molecule has 0 aliphatic heterocycles. The normalized spacial score (nSPS) is 14.3. The molecular weight excluding hydrogens is 258 g/mol. The van der Waals surface area contributed by atoms with E-state index in [1.165, 1.54) is 18.2 Å². The van der Waals surface area contributed by atoms with E-state index >= 15 is 0 Å². The Morgan fingerprint density at radius 1 is 1.50 bits per heavy atom. The predicted molar refractivity (Wildman–Crippen MR) is 67.8 cm³/mol. The van der Waals surface area contributed by atoms with E-state index in [2.05, 4.69) is 10.6 Å². The molecule has 1 aromatic carbocycles. The van der Waals surface area contributed by atoms with Gasteiger partial charge in [0.1, 0.15) is 5.69 Å². The fourth-order valence-electron chi connectivity index (χ4n) is 1.48. The first kappa shape index (κ1) is 12.8. The van der Waals surface area contributed by atoms with Crippen LogP contribution in [0, 0.1) is 10.1 Å². The van der Waals surface area contributed by atoms with Crippen molar-refractivity contribution < 1.29 is 9.72 Å². The minimum absolute atomic E-state index is 0.157. The Kier molecular flexibility index (Phi) is 3.78. The molecule has 0 atom stereocenters. The summed E-state index contributed by atoms with van der Waals surface area (Å²) in [5.74, 6) is -0.299. The summed E-state index contributed by atoms with van der Waals surface area (Å²) in [4.78, 5) is 21.8. The van der Waals surface area contributed by atoms with Gasteiger partial charge < -0.3 is 10.6 Å². The number of carbonyl (C=O) groups excluding carboxylic acids is 1. The first-order chi connectivity index (χ1) is 8.56. The van der Waals surface area contributed by atoms with Crippen LogP contribution in [0.4, 0.5) is 11.4 Å². The van der Waals surface area contributed by atoms with Crippen LogP contribution in [0.15, 0.2) is 18.2 Å². The third-order valence-corrected chi connectivity index (χ3v) is 2.79. The van der Waals surface area contributed by atoms with Gasteiger partial charge in [-0.25, -0.2) is 0 Å². The molecule has 7 heteroatoms. The summed E-state index contributed by atoms with van der Waals surface area (Å²) >= 11 is 5.68. The summed E-state index contributed by atoms with van der Waals surface area (Å²) in [6.07, 6.45) is 2.16. The first-order valence-electron chi connectivity index (χ1n) is 5.53. The molecule has 1 saturated carbocycles. The summed E-state index contributed by atoms with van der Waals surface area (Å²) in [6, 6.07) is 4.55. The largest absolute Gasteiger partial charge is 0.319 e. The molecule has 1 amide bonds. The van der Waals surface area contributed by atoms with Gasteiger partial charge in [-0.15, -0.1) is 0 Å². The molecule has 0 radical (unpaired) electrons. The maximum Gasteiger partial charge on any atom is 0.294 e. The lowest BCUT2D eigenvalue weighted by molar-refractivity contribution is -0.383. The van der Waals surface area contributed by atoms with E-state index in [0.717, 1.165) is 12.8 Å². The van der Waals surface area contributed by atoms with Gasteiger partial charge in [0.05, 0.1) is 11.5 Å². The monoisotopic (exact) mass is 269 g/mol. The highest BCUT2D eigenvalue weighted by Crippen LogP contribution is 2.27. The molecule has 0 spiro atoms. The van der Waals surface area contributed by atoms with Gasteiger partial charge in [-0.1, -0.05) is 11.6 Å². The van der Waals surface area contributed by atoms with Crippen LogP contribution in [0.1, 0.15) is 12.8 Å². The molecule has 0 bridgehead atoms. The Morgan fingerprint density at radius 2 is 2.22 bits per heavy atom. The topological polar surface area (TPSA) is 84.3 Å². The first-order valence-corrected chi connectivity index (χ1v) is 5.91. The standard InChI is InChI=1S/C11H12ClN3O3/c12-7-1-4-9(10(5-7)15(17)18)14-11(16)6-13-8-2-3-8/h1,4-5,8,13H,2-3,6H2,(H,14,16). The second kappa shape index (κ2) is 5.32. The molecule has 2 rings (SSSR count). The van der Waals surface area contributed by atoms with Crippen LogP contribution >= 0.6 is 11.6 Å². The minimum Gasteiger partial charge on any atom is -0.319 e. The van der Waals surface area contributed by atoms with Crippen molar-refractivity contribution in [1.82, 2.24) is 5.32 Å². The van der Waals surface area contributed by atoms with Crippen molar-refractivity contribution in [3.8, 4) is 0 Å². The van der Waals surface area contributed by atoms with Gasteiger partial charge in [-0.05, 0) is 25.0 Å². The van der Waals surface area contributed by atoms with Crippen molar-refractivity contribution in [2.24, 2.45) is 0 Å². The van der Waals surface area contributed by atoms with Crippen molar-refractivity contribution in [3.63, 3.8) is 0 Å². The number of amides is 1. The number of nitro groups is 1. The number of hydrogen-bond donors (Lipinski definition) is 2. The lowest BCUT2D eigenvalue weighted by Crippen LogP contribution is -2.29. The second-order valence-corrected chi connectivity index (χ2v) is 4.56. The summed E-state index contributed by atoms with van der Waals surface area (Å²) in [5.41, 5.74) is -0.0470. The molecular formula is C11H12ClN3O3. The third kappa shape index (κ3) is 3.41. The number of rotatable bonds is 5. The van der Waals surface area contributed by atoms with Gasteiger partial charge in [0.2, 0.25) is 5.91 Å². The van der Waals surface area contributed by atoms with Gasteiger partial charge in [0, 0.05) is 17.1 Å². The average Bonchev–Trinajstić information content (AvgIpc) is 3.12. The van der Waals surface area contributed by atoms with Crippen LogP contribution in [0.25, 0.3) is 0 Å². The Morgan fingerprint density at radius 3 is 2.83 bits per heavy atom. The molecule has 0 heterocycles. The molecule has 96 valence electrons. The smallest absolute Gasteiger partial charge is 0.294 e. The van der Waals surface area contributed by atoms with E-state index in [0.29, 0.717) is 6.04 Å². The van der Waals surface area contributed by atoms with Crippen molar-refractivity contribution in [2.45, 2.75) is 18.9 Å². The van der Waals surface area contributed by atoms with E-state index in [1.807, 2.05) is 0 Å². The highest BCUT2D eigenvalue weighted by molar-refractivity contribution is 6.31. The number of carbonyl (C=O) groups is 1. The van der Waals surface area contributed by atoms with E-state index in [1.54, 1.807) is 0 Å². The molecule has 6 nitrogen and oxygen atoms in total. The van der Waals surface area contributed by atoms with Crippen molar-refractivity contribution in [1.29, 1.82) is 0 Å². The molecule has 0 aromatic heterocycles. The number of nitrogens with zero attached hydrogens (tertiary/aromatic N) is 1. The Hall–Kier alpha value is -1.66. The molecule has 0 unspecified atom stereocenters. The van der Waals surface area contributed by atoms with E-state index in [-0.39, 0.29) is 28.8 Å². The van der Waals surface area contributed by atoms with E-state index in [4.69, 9.17) is 11.6 Å². The van der Waals surface area contributed by atoms with Gasteiger partial charge in [0.25, 0.3) is 5.69 Å². The number of nitrogens with one attached hydrogen (secondary N) is 2. The van der Waals surface area contributed by atoms with Crippen LogP contribution in [0.3, 0.4) is 0 Å². The predicted octanol–water partition coefficient (Wildman–Crippen LogP) is 1.94. The number of hydrogen-bond acceptors (Lipinski definition) is 4. The average molecular weight is 270 g/mol. The van der Waals surface area contributed by atoms with Crippen LogP contribution < -0.4 is 10.6 Å². The lowest BCUT2D eigenvalue weighted by atomic mass is 10.2. The Labute approximate surface area is 108 Å². The van der Waals surface area contributed by atoms with Crippen molar-refractivity contribution >= 4 is 28.9 Å². The SMILES string of the molecule is O=C(CNC1CC1)Nc1ccc(Cl)cc1[N+](=O)[O-]. The van der Waals surface area contributed by atoms with Crippen LogP contribution in [0.5, 0.6) is 0 Å². The Bertz CT molecular complexity index is 488. The summed E-state index contributed by atoms with van der Waals surface area (Å²) in [6.45, 7) is 0.157. The number of benzene rings is 1. The molecule has 1 aromatic rings. The van der Waals surface area contributed by atoms with Crippen molar-refractivity contribution in [2.75, 3.05) is 11.9 Å². The Balaban J connectivity index is 2.02. The fourth-order valence-corrected chi connectivity index (χ4v) is 1.65. The van der Waals surface area contributed by atoms with Crippen molar-refractivity contribution in [3.05, 3.63) is 33.3 Å². The van der Waals surface area contributed by atoms with Gasteiger partial charge in [0.15, 0.2) is 0 Å². The molecule has 1 fully saturated rings. The molecule has 1 aliphatic rings. The highest BCUT2D eigenvalue weighted by atomic mass is 35.5. The quantitative estimate of drug-likeness (QED) is 0.632. The van der Waals surface area contributed by atoms with E-state index in [9.17, 15) is 14.9 Å². The van der Waals surface area contributed by atoms with Crippen LogP contribution in [-0.2, 0) is 4.79 Å². The second-order valence-electron chi connectivity index (χ2n) is 4.12. The zero-order valence-electron chi connectivity index (χ0n) is 9.48. The molecule has 0 saturated heterocycles. The number of anilines is 1. The van der Waals surface area contributed by atoms with Crippen LogP contribution in [-0.4, -0.2) is 23.4 Å². The van der Waals surface area contributed by atoms with Gasteiger partial charge in [-0.2, -0.15) is 0 Å². The summed E-state index contributed by atoms with van der Waals surface area (Å²) in [7, 11) is 0. The zero-order valence-corrected chi connectivity index (χ0v) is 10.2. The highest BCUT2D eigenvalue weighted by Gasteiger charge is 2.22. The lowest BCUT2D eigenvalue weighted by Gasteiger charge is -2.06. The molecule has 18 heavy (non-hydrogen) atoms. The molecule has 2 N–H and O–H groups in total. The number of nitro benzene ring substituents is 1. The zero-order chi connectivity index (χ0) is 13.1. The van der Waals surface area contributed by atoms with Gasteiger partial charge >= 0.3 is 0 Å². The minimum atomic E-state index is -0.574. The summed E-state index contributed by atoms with van der Waals surface area (Å²) in [5, 5.41) is 16.6. The number of halogens is 1. The van der Waals surface area contributed by atoms with E-state index < -0.39 is 4.92 Å². The third-order valence-electron chi connectivity index (χ3n) is 2.56. The summed E-state index contributed by atoms with van der Waals surface area (Å²) < 4.78 is 0. The fraction of sp³-hybridized carbons (Fsp3) is 0.364. The maximum absolute atomic E-state index is 11.6. The molecule has 1 aliphatic carbocycles. The maximum atomic E-state index is 11.6. The van der Waals surface area contributed by atoms with Crippen LogP contribution in [0.2, 0.25) is 5.02 Å².